The van der Waals surface area contributed by atoms with E-state index in [9.17, 15) is 0 Å². The van der Waals surface area contributed by atoms with Crippen LogP contribution in [0.1, 0.15) is 31.1 Å². The first-order valence-electron chi connectivity index (χ1n) is 6.63. The van der Waals surface area contributed by atoms with Crippen LogP contribution in [0.2, 0.25) is 0 Å². The van der Waals surface area contributed by atoms with E-state index >= 15 is 0 Å². The van der Waals surface area contributed by atoms with E-state index in [0.717, 1.165) is 6.42 Å². The SMILES string of the molecule is CCCOCC(N)c1noc(CSc2ccccc2)n1. The fourth-order valence-electron chi connectivity index (χ4n) is 1.57. The maximum Gasteiger partial charge on any atom is 0.237 e. The van der Waals surface area contributed by atoms with Crippen molar-refractivity contribution in [2.24, 2.45) is 5.73 Å². The molecule has 0 fully saturated rings. The van der Waals surface area contributed by atoms with Crippen LogP contribution < -0.4 is 5.73 Å². The first kappa shape index (κ1) is 15.0. The summed E-state index contributed by atoms with van der Waals surface area (Å²) >= 11 is 1.65. The standard InChI is InChI=1S/C14H19N3O2S/c1-2-8-18-9-12(15)14-16-13(19-17-14)10-20-11-6-4-3-5-7-11/h3-7,12H,2,8-10,15H2,1H3. The van der Waals surface area contributed by atoms with Crippen molar-refractivity contribution in [2.75, 3.05) is 13.2 Å². The van der Waals surface area contributed by atoms with Gasteiger partial charge in [0.1, 0.15) is 0 Å². The topological polar surface area (TPSA) is 74.2 Å². The molecule has 1 aromatic heterocycles. The molecule has 5 nitrogen and oxygen atoms in total. The van der Waals surface area contributed by atoms with Crippen LogP contribution in [0.15, 0.2) is 39.8 Å². The summed E-state index contributed by atoms with van der Waals surface area (Å²) in [5.41, 5.74) is 5.94. The zero-order chi connectivity index (χ0) is 14.2. The zero-order valence-electron chi connectivity index (χ0n) is 11.5. The van der Waals surface area contributed by atoms with E-state index in [0.29, 0.717) is 30.7 Å². The van der Waals surface area contributed by atoms with Gasteiger partial charge in [-0.25, -0.2) is 0 Å². The lowest BCUT2D eigenvalue weighted by Gasteiger charge is -2.06. The van der Waals surface area contributed by atoms with Crippen molar-refractivity contribution < 1.29 is 9.26 Å². The highest BCUT2D eigenvalue weighted by Gasteiger charge is 2.14. The Labute approximate surface area is 122 Å². The maximum atomic E-state index is 5.94. The number of nitrogens with two attached hydrogens (primary N) is 1. The Hall–Kier alpha value is -1.37. The summed E-state index contributed by atoms with van der Waals surface area (Å²) in [7, 11) is 0. The molecule has 0 bridgehead atoms. The van der Waals surface area contributed by atoms with Gasteiger partial charge in [0.15, 0.2) is 5.82 Å². The number of thioether (sulfide) groups is 1. The van der Waals surface area contributed by atoms with Crippen molar-refractivity contribution >= 4 is 11.8 Å². The molecule has 0 saturated carbocycles. The monoisotopic (exact) mass is 293 g/mol. The van der Waals surface area contributed by atoms with Gasteiger partial charge >= 0.3 is 0 Å². The molecule has 0 aliphatic rings. The first-order valence-corrected chi connectivity index (χ1v) is 7.61. The summed E-state index contributed by atoms with van der Waals surface area (Å²) in [6.07, 6.45) is 0.970. The van der Waals surface area contributed by atoms with E-state index in [1.54, 1.807) is 11.8 Å². The number of ether oxygens (including phenoxy) is 1. The van der Waals surface area contributed by atoms with E-state index in [4.69, 9.17) is 15.0 Å². The largest absolute Gasteiger partial charge is 0.379 e. The van der Waals surface area contributed by atoms with Crippen molar-refractivity contribution in [3.63, 3.8) is 0 Å². The Balaban J connectivity index is 1.82. The molecule has 0 aliphatic carbocycles. The Kier molecular flexibility index (Phi) is 6.04. The van der Waals surface area contributed by atoms with Gasteiger partial charge in [-0.3, -0.25) is 0 Å². The van der Waals surface area contributed by atoms with Crippen LogP contribution in [0, 0.1) is 0 Å². The van der Waals surface area contributed by atoms with Crippen LogP contribution in [0.25, 0.3) is 0 Å². The van der Waals surface area contributed by atoms with Crippen molar-refractivity contribution in [3.8, 4) is 0 Å². The maximum absolute atomic E-state index is 5.94. The Morgan fingerprint density at radius 1 is 1.35 bits per heavy atom. The summed E-state index contributed by atoms with van der Waals surface area (Å²) < 4.78 is 10.6. The van der Waals surface area contributed by atoms with E-state index in [-0.39, 0.29) is 6.04 Å². The van der Waals surface area contributed by atoms with Gasteiger partial charge < -0.3 is 15.0 Å². The highest BCUT2D eigenvalue weighted by molar-refractivity contribution is 7.98. The van der Waals surface area contributed by atoms with Crippen LogP contribution in [-0.2, 0) is 10.5 Å². The average Bonchev–Trinajstić information content (AvgIpc) is 2.95. The molecule has 20 heavy (non-hydrogen) atoms. The predicted octanol–water partition coefficient (Wildman–Crippen LogP) is 2.79. The van der Waals surface area contributed by atoms with E-state index in [2.05, 4.69) is 17.1 Å². The van der Waals surface area contributed by atoms with Crippen molar-refractivity contribution in [2.45, 2.75) is 30.0 Å². The molecular formula is C14H19N3O2S. The van der Waals surface area contributed by atoms with Gasteiger partial charge in [0, 0.05) is 11.5 Å². The minimum absolute atomic E-state index is 0.333. The lowest BCUT2D eigenvalue weighted by atomic mass is 10.3. The first-order chi connectivity index (χ1) is 9.79. The van der Waals surface area contributed by atoms with E-state index in [1.807, 2.05) is 30.3 Å². The lowest BCUT2D eigenvalue weighted by Crippen LogP contribution is -2.18. The normalized spacial score (nSPS) is 12.5. The molecule has 6 heteroatoms. The third-order valence-corrected chi connectivity index (χ3v) is 3.56. The van der Waals surface area contributed by atoms with Gasteiger partial charge in [-0.15, -0.1) is 11.8 Å². The molecule has 1 heterocycles. The predicted molar refractivity (Wildman–Crippen MR) is 78.3 cm³/mol. The molecule has 0 spiro atoms. The fraction of sp³-hybridized carbons (Fsp3) is 0.429. The third kappa shape index (κ3) is 4.63. The number of hydrogen-bond acceptors (Lipinski definition) is 6. The molecule has 1 unspecified atom stereocenters. The van der Waals surface area contributed by atoms with E-state index in [1.165, 1.54) is 4.90 Å². The summed E-state index contributed by atoms with van der Waals surface area (Å²) in [6.45, 7) is 3.17. The third-order valence-electron chi connectivity index (χ3n) is 2.57. The fourth-order valence-corrected chi connectivity index (χ4v) is 2.33. The number of nitrogens with zero attached hydrogens (tertiary/aromatic N) is 2. The molecule has 0 saturated heterocycles. The summed E-state index contributed by atoms with van der Waals surface area (Å²) in [4.78, 5) is 5.47. The van der Waals surface area contributed by atoms with Crippen molar-refractivity contribution in [1.29, 1.82) is 0 Å². The van der Waals surface area contributed by atoms with Gasteiger partial charge in [-0.1, -0.05) is 30.3 Å². The van der Waals surface area contributed by atoms with Crippen LogP contribution in [-0.4, -0.2) is 23.4 Å². The van der Waals surface area contributed by atoms with Gasteiger partial charge in [0.05, 0.1) is 18.4 Å². The lowest BCUT2D eigenvalue weighted by molar-refractivity contribution is 0.119. The van der Waals surface area contributed by atoms with Crippen LogP contribution in [0.4, 0.5) is 0 Å². The average molecular weight is 293 g/mol. The van der Waals surface area contributed by atoms with Crippen LogP contribution >= 0.6 is 11.8 Å². The van der Waals surface area contributed by atoms with Crippen LogP contribution in [0.3, 0.4) is 0 Å². The number of benzene rings is 1. The number of aromatic nitrogens is 2. The second-order valence-corrected chi connectivity index (χ2v) is 5.38. The van der Waals surface area contributed by atoms with Gasteiger partial charge in [-0.05, 0) is 18.6 Å². The second kappa shape index (κ2) is 8.04. The molecular weight excluding hydrogens is 274 g/mol. The minimum Gasteiger partial charge on any atom is -0.379 e. The molecule has 1 aromatic carbocycles. The second-order valence-electron chi connectivity index (χ2n) is 4.33. The van der Waals surface area contributed by atoms with Gasteiger partial charge in [0.25, 0.3) is 0 Å². The van der Waals surface area contributed by atoms with Crippen molar-refractivity contribution in [1.82, 2.24) is 10.1 Å². The molecule has 2 N–H and O–H groups in total. The quantitative estimate of drug-likeness (QED) is 0.596. The number of rotatable bonds is 8. The smallest absolute Gasteiger partial charge is 0.237 e. The zero-order valence-corrected chi connectivity index (χ0v) is 12.3. The highest BCUT2D eigenvalue weighted by Crippen LogP contribution is 2.21. The molecule has 0 aliphatic heterocycles. The molecule has 1 atom stereocenters. The molecule has 0 radical (unpaired) electrons. The Morgan fingerprint density at radius 2 is 2.15 bits per heavy atom. The van der Waals surface area contributed by atoms with Gasteiger partial charge in [0.2, 0.25) is 5.89 Å². The van der Waals surface area contributed by atoms with E-state index < -0.39 is 0 Å². The van der Waals surface area contributed by atoms with Crippen molar-refractivity contribution in [3.05, 3.63) is 42.0 Å². The molecule has 108 valence electrons. The molecule has 2 aromatic rings. The summed E-state index contributed by atoms with van der Waals surface area (Å²) in [6, 6.07) is 9.76. The minimum atomic E-state index is -0.333. The number of hydrogen-bond donors (Lipinski definition) is 1. The Bertz CT molecular complexity index is 504. The summed E-state index contributed by atoms with van der Waals surface area (Å²) in [5.74, 6) is 1.73. The van der Waals surface area contributed by atoms with Gasteiger partial charge in [-0.2, -0.15) is 4.98 Å². The Morgan fingerprint density at radius 3 is 2.90 bits per heavy atom. The molecule has 2 rings (SSSR count). The highest BCUT2D eigenvalue weighted by atomic mass is 32.2. The summed E-state index contributed by atoms with van der Waals surface area (Å²) in [5, 5.41) is 3.90. The molecule has 0 amide bonds. The van der Waals surface area contributed by atoms with Crippen LogP contribution in [0.5, 0.6) is 0 Å².